The Morgan fingerprint density at radius 2 is 2.19 bits per heavy atom. The van der Waals surface area contributed by atoms with E-state index < -0.39 is 6.04 Å². The largest absolute Gasteiger partial charge is 0.381 e. The number of amides is 1. The van der Waals surface area contributed by atoms with Crippen LogP contribution in [0.15, 0.2) is 5.38 Å². The minimum Gasteiger partial charge on any atom is -0.381 e. The number of thiazole rings is 1. The van der Waals surface area contributed by atoms with E-state index in [0.717, 1.165) is 30.0 Å². The summed E-state index contributed by atoms with van der Waals surface area (Å²) in [5.41, 5.74) is 6.91. The maximum absolute atomic E-state index is 12.0. The molecule has 1 aliphatic heterocycles. The zero-order valence-electron chi connectivity index (χ0n) is 12.0. The van der Waals surface area contributed by atoms with Crippen LogP contribution in [-0.4, -0.2) is 30.1 Å². The molecule has 2 rings (SSSR count). The molecule has 1 unspecified atom stereocenters. The number of hydrogen-bond donors (Lipinski definition) is 2. The fourth-order valence-electron chi connectivity index (χ4n) is 2.18. The van der Waals surface area contributed by atoms with Crippen molar-refractivity contribution in [3.8, 4) is 0 Å². The SMILES string of the molecule is CCc1nc(CNC(=O)C(N)C2CCOCC2)cs1.Cl.Cl. The lowest BCUT2D eigenvalue weighted by atomic mass is 9.92. The molecule has 1 saturated heterocycles. The van der Waals surface area contributed by atoms with Crippen molar-refractivity contribution in [2.75, 3.05) is 13.2 Å². The third kappa shape index (κ3) is 6.08. The highest BCUT2D eigenvalue weighted by Gasteiger charge is 2.26. The van der Waals surface area contributed by atoms with Crippen LogP contribution in [0.4, 0.5) is 0 Å². The van der Waals surface area contributed by atoms with E-state index in [-0.39, 0.29) is 36.6 Å². The highest BCUT2D eigenvalue weighted by Crippen LogP contribution is 2.17. The maximum Gasteiger partial charge on any atom is 0.237 e. The molecule has 0 aliphatic carbocycles. The van der Waals surface area contributed by atoms with Crippen molar-refractivity contribution in [2.24, 2.45) is 11.7 Å². The second-order valence-electron chi connectivity index (χ2n) is 4.78. The van der Waals surface area contributed by atoms with E-state index >= 15 is 0 Å². The number of carbonyl (C=O) groups is 1. The van der Waals surface area contributed by atoms with Gasteiger partial charge in [0.1, 0.15) is 0 Å². The van der Waals surface area contributed by atoms with Gasteiger partial charge in [0.15, 0.2) is 0 Å². The Kier molecular flexibility index (Phi) is 10.1. The van der Waals surface area contributed by atoms with Gasteiger partial charge in [-0.3, -0.25) is 4.79 Å². The summed E-state index contributed by atoms with van der Waals surface area (Å²) < 4.78 is 5.28. The molecule has 2 heterocycles. The van der Waals surface area contributed by atoms with Crippen LogP contribution >= 0.6 is 36.2 Å². The fourth-order valence-corrected chi connectivity index (χ4v) is 2.92. The fraction of sp³-hybridized carbons (Fsp3) is 0.692. The molecule has 1 aliphatic rings. The number of nitrogens with two attached hydrogens (primary N) is 1. The molecule has 1 fully saturated rings. The predicted molar refractivity (Wildman–Crippen MR) is 89.4 cm³/mol. The maximum atomic E-state index is 12.0. The van der Waals surface area contributed by atoms with Crippen LogP contribution in [0.1, 0.15) is 30.5 Å². The molecule has 0 spiro atoms. The molecule has 1 amide bonds. The number of aryl methyl sites for hydroxylation is 1. The molecular formula is C13H23Cl2N3O2S. The van der Waals surface area contributed by atoms with Crippen molar-refractivity contribution in [3.63, 3.8) is 0 Å². The molecule has 21 heavy (non-hydrogen) atoms. The van der Waals surface area contributed by atoms with E-state index in [1.54, 1.807) is 11.3 Å². The highest BCUT2D eigenvalue weighted by atomic mass is 35.5. The van der Waals surface area contributed by atoms with Gasteiger partial charge >= 0.3 is 0 Å². The van der Waals surface area contributed by atoms with E-state index in [1.165, 1.54) is 0 Å². The Balaban J connectivity index is 0.00000200. The number of ether oxygens (including phenoxy) is 1. The van der Waals surface area contributed by atoms with Crippen molar-refractivity contribution >= 4 is 42.1 Å². The van der Waals surface area contributed by atoms with Gasteiger partial charge in [-0.05, 0) is 25.2 Å². The Bertz CT molecular complexity index is 425. The first-order valence-electron chi connectivity index (χ1n) is 6.75. The van der Waals surface area contributed by atoms with Gasteiger partial charge in [0, 0.05) is 18.6 Å². The van der Waals surface area contributed by atoms with Crippen LogP contribution < -0.4 is 11.1 Å². The number of carbonyl (C=O) groups excluding carboxylic acids is 1. The summed E-state index contributed by atoms with van der Waals surface area (Å²) in [4.78, 5) is 16.4. The average Bonchev–Trinajstić information content (AvgIpc) is 2.93. The standard InChI is InChI=1S/C13H21N3O2S.2ClH/c1-2-11-16-10(8-19-11)7-15-13(17)12(14)9-3-5-18-6-4-9;;/h8-9,12H,2-7,14H2,1H3,(H,15,17);2*1H. The third-order valence-corrected chi connectivity index (χ3v) is 4.46. The summed E-state index contributed by atoms with van der Waals surface area (Å²) in [7, 11) is 0. The van der Waals surface area contributed by atoms with Crippen LogP contribution in [0.3, 0.4) is 0 Å². The summed E-state index contributed by atoms with van der Waals surface area (Å²) >= 11 is 1.63. The van der Waals surface area contributed by atoms with E-state index in [0.29, 0.717) is 19.8 Å². The Hall–Kier alpha value is -0.400. The van der Waals surface area contributed by atoms with Gasteiger partial charge in [0.05, 0.1) is 23.3 Å². The topological polar surface area (TPSA) is 77.2 Å². The van der Waals surface area contributed by atoms with Crippen molar-refractivity contribution in [1.82, 2.24) is 10.3 Å². The van der Waals surface area contributed by atoms with Crippen LogP contribution in [-0.2, 0) is 22.5 Å². The van der Waals surface area contributed by atoms with Gasteiger partial charge in [-0.1, -0.05) is 6.92 Å². The number of nitrogens with one attached hydrogen (secondary N) is 1. The number of halogens is 2. The molecule has 0 aromatic carbocycles. The van der Waals surface area contributed by atoms with Crippen LogP contribution in [0.25, 0.3) is 0 Å². The Labute approximate surface area is 141 Å². The number of nitrogens with zero attached hydrogens (tertiary/aromatic N) is 1. The lowest BCUT2D eigenvalue weighted by molar-refractivity contribution is -0.124. The Morgan fingerprint density at radius 3 is 2.76 bits per heavy atom. The van der Waals surface area contributed by atoms with Crippen molar-refractivity contribution < 1.29 is 9.53 Å². The minimum atomic E-state index is -0.437. The smallest absolute Gasteiger partial charge is 0.237 e. The first kappa shape index (κ1) is 20.6. The Morgan fingerprint density at radius 1 is 1.52 bits per heavy atom. The minimum absolute atomic E-state index is 0. The van der Waals surface area contributed by atoms with Gasteiger partial charge in [-0.15, -0.1) is 36.2 Å². The van der Waals surface area contributed by atoms with Crippen molar-refractivity contribution in [3.05, 3.63) is 16.1 Å². The van der Waals surface area contributed by atoms with Gasteiger partial charge in [-0.2, -0.15) is 0 Å². The van der Waals surface area contributed by atoms with E-state index in [2.05, 4.69) is 17.2 Å². The zero-order chi connectivity index (χ0) is 13.7. The zero-order valence-corrected chi connectivity index (χ0v) is 14.5. The predicted octanol–water partition coefficient (Wildman–Crippen LogP) is 1.92. The summed E-state index contributed by atoms with van der Waals surface area (Å²) in [6.07, 6.45) is 2.66. The number of aromatic nitrogens is 1. The molecule has 0 bridgehead atoms. The molecule has 5 nitrogen and oxygen atoms in total. The van der Waals surface area contributed by atoms with Crippen LogP contribution in [0.2, 0.25) is 0 Å². The monoisotopic (exact) mass is 355 g/mol. The number of rotatable bonds is 5. The third-order valence-electron chi connectivity index (χ3n) is 3.42. The molecule has 3 N–H and O–H groups in total. The molecule has 1 aromatic heterocycles. The second-order valence-corrected chi connectivity index (χ2v) is 5.72. The number of hydrogen-bond acceptors (Lipinski definition) is 5. The summed E-state index contributed by atoms with van der Waals surface area (Å²) in [5.74, 6) is 0.147. The first-order chi connectivity index (χ1) is 9.20. The lowest BCUT2D eigenvalue weighted by Gasteiger charge is -2.26. The van der Waals surface area contributed by atoms with Crippen molar-refractivity contribution in [1.29, 1.82) is 0 Å². The van der Waals surface area contributed by atoms with Gasteiger partial charge in [0.2, 0.25) is 5.91 Å². The second kappa shape index (κ2) is 10.3. The average molecular weight is 356 g/mol. The molecular weight excluding hydrogens is 333 g/mol. The van der Waals surface area contributed by atoms with E-state index in [1.807, 2.05) is 5.38 Å². The van der Waals surface area contributed by atoms with Crippen LogP contribution in [0, 0.1) is 5.92 Å². The van der Waals surface area contributed by atoms with Gasteiger partial charge in [-0.25, -0.2) is 4.98 Å². The summed E-state index contributed by atoms with van der Waals surface area (Å²) in [5, 5.41) is 5.95. The molecule has 8 heteroatoms. The summed E-state index contributed by atoms with van der Waals surface area (Å²) in [6.45, 7) is 3.95. The molecule has 0 radical (unpaired) electrons. The molecule has 1 aromatic rings. The van der Waals surface area contributed by atoms with Gasteiger partial charge < -0.3 is 15.8 Å². The van der Waals surface area contributed by atoms with E-state index in [4.69, 9.17) is 10.5 Å². The normalized spacial score (nSPS) is 16.5. The highest BCUT2D eigenvalue weighted by molar-refractivity contribution is 7.09. The van der Waals surface area contributed by atoms with Crippen LogP contribution in [0.5, 0.6) is 0 Å². The lowest BCUT2D eigenvalue weighted by Crippen LogP contribution is -2.46. The van der Waals surface area contributed by atoms with Gasteiger partial charge in [0.25, 0.3) is 0 Å². The summed E-state index contributed by atoms with van der Waals surface area (Å²) in [6, 6.07) is -0.437. The van der Waals surface area contributed by atoms with Crippen molar-refractivity contribution in [2.45, 2.75) is 38.8 Å². The van der Waals surface area contributed by atoms with E-state index in [9.17, 15) is 4.79 Å². The molecule has 0 saturated carbocycles. The molecule has 1 atom stereocenters. The quantitative estimate of drug-likeness (QED) is 0.845. The first-order valence-corrected chi connectivity index (χ1v) is 7.63. The molecule has 122 valence electrons.